The SMILES string of the molecule is Cc1ccccc1-n1cnc(-c2ccccc2)[n+]1C. The van der Waals surface area contributed by atoms with Crippen molar-refractivity contribution in [3.05, 3.63) is 66.5 Å². The molecule has 94 valence electrons. The molecule has 0 unspecified atom stereocenters. The number of benzene rings is 2. The molecule has 0 aliphatic rings. The van der Waals surface area contributed by atoms with Gasteiger partial charge in [0, 0.05) is 0 Å². The van der Waals surface area contributed by atoms with Crippen molar-refractivity contribution < 1.29 is 4.68 Å². The van der Waals surface area contributed by atoms with E-state index in [1.165, 1.54) is 5.56 Å². The molecule has 0 aliphatic carbocycles. The van der Waals surface area contributed by atoms with Crippen molar-refractivity contribution in [1.82, 2.24) is 9.67 Å². The molecule has 3 aromatic rings. The summed E-state index contributed by atoms with van der Waals surface area (Å²) in [6, 6.07) is 18.5. The van der Waals surface area contributed by atoms with Gasteiger partial charge in [0.1, 0.15) is 7.05 Å². The minimum atomic E-state index is 0.962. The highest BCUT2D eigenvalue weighted by atomic mass is 15.4. The third kappa shape index (κ3) is 2.03. The van der Waals surface area contributed by atoms with E-state index in [0.29, 0.717) is 0 Å². The van der Waals surface area contributed by atoms with Crippen molar-refractivity contribution in [2.75, 3.05) is 0 Å². The van der Waals surface area contributed by atoms with Crippen LogP contribution in [0.1, 0.15) is 5.56 Å². The topological polar surface area (TPSA) is 21.7 Å². The van der Waals surface area contributed by atoms with Crippen molar-refractivity contribution in [3.63, 3.8) is 0 Å². The summed E-state index contributed by atoms with van der Waals surface area (Å²) in [5.74, 6) is 0.962. The molecule has 0 N–H and O–H groups in total. The molecular formula is C16H16N3+. The molecule has 0 radical (unpaired) electrons. The van der Waals surface area contributed by atoms with Crippen LogP contribution in [0.15, 0.2) is 60.9 Å². The number of nitrogens with zero attached hydrogens (tertiary/aromatic N) is 3. The average molecular weight is 250 g/mol. The molecule has 3 heteroatoms. The largest absolute Gasteiger partial charge is 0.350 e. The number of aromatic nitrogens is 3. The van der Waals surface area contributed by atoms with Gasteiger partial charge >= 0.3 is 5.82 Å². The molecular weight excluding hydrogens is 234 g/mol. The number of hydrogen-bond donors (Lipinski definition) is 0. The molecule has 0 atom stereocenters. The second kappa shape index (κ2) is 4.69. The number of rotatable bonds is 2. The van der Waals surface area contributed by atoms with Crippen molar-refractivity contribution in [2.24, 2.45) is 7.05 Å². The van der Waals surface area contributed by atoms with Crippen LogP contribution >= 0.6 is 0 Å². The van der Waals surface area contributed by atoms with Gasteiger partial charge in [-0.2, -0.15) is 0 Å². The summed E-state index contributed by atoms with van der Waals surface area (Å²) in [5, 5.41) is 0. The van der Waals surface area contributed by atoms with E-state index in [1.54, 1.807) is 0 Å². The van der Waals surface area contributed by atoms with Gasteiger partial charge in [-0.05, 0) is 35.7 Å². The summed E-state index contributed by atoms with van der Waals surface area (Å²) in [5.41, 5.74) is 3.51. The first-order valence-electron chi connectivity index (χ1n) is 6.32. The third-order valence-electron chi connectivity index (χ3n) is 3.31. The van der Waals surface area contributed by atoms with Gasteiger partial charge in [0.25, 0.3) is 0 Å². The van der Waals surface area contributed by atoms with Crippen molar-refractivity contribution in [3.8, 4) is 17.1 Å². The van der Waals surface area contributed by atoms with Crippen LogP contribution in [-0.4, -0.2) is 9.67 Å². The van der Waals surface area contributed by atoms with Crippen LogP contribution in [0.2, 0.25) is 0 Å². The Balaban J connectivity index is 2.12. The fraction of sp³-hybridized carbons (Fsp3) is 0.125. The van der Waals surface area contributed by atoms with Gasteiger partial charge in [-0.1, -0.05) is 36.4 Å². The maximum atomic E-state index is 4.53. The number of hydrogen-bond acceptors (Lipinski definition) is 1. The summed E-state index contributed by atoms with van der Waals surface area (Å²) >= 11 is 0. The maximum Gasteiger partial charge on any atom is 0.350 e. The molecule has 0 saturated heterocycles. The van der Waals surface area contributed by atoms with E-state index >= 15 is 0 Å². The molecule has 0 saturated carbocycles. The van der Waals surface area contributed by atoms with E-state index in [1.807, 2.05) is 43.7 Å². The second-order valence-electron chi connectivity index (χ2n) is 4.59. The lowest BCUT2D eigenvalue weighted by Crippen LogP contribution is -2.39. The lowest BCUT2D eigenvalue weighted by molar-refractivity contribution is -0.735. The summed E-state index contributed by atoms with van der Waals surface area (Å²) < 4.78 is 4.13. The predicted molar refractivity (Wildman–Crippen MR) is 74.9 cm³/mol. The van der Waals surface area contributed by atoms with E-state index < -0.39 is 0 Å². The van der Waals surface area contributed by atoms with E-state index in [4.69, 9.17) is 0 Å². The second-order valence-corrected chi connectivity index (χ2v) is 4.59. The highest BCUT2D eigenvalue weighted by Crippen LogP contribution is 2.15. The van der Waals surface area contributed by atoms with Gasteiger partial charge in [0.05, 0.1) is 11.3 Å². The summed E-state index contributed by atoms with van der Waals surface area (Å²) in [4.78, 5) is 4.53. The Morgan fingerprint density at radius 1 is 0.947 bits per heavy atom. The Hall–Kier alpha value is -2.42. The molecule has 3 nitrogen and oxygen atoms in total. The van der Waals surface area contributed by atoms with Gasteiger partial charge < -0.3 is 0 Å². The fourth-order valence-corrected chi connectivity index (χ4v) is 2.27. The van der Waals surface area contributed by atoms with Gasteiger partial charge in [-0.15, -0.1) is 9.36 Å². The standard InChI is InChI=1S/C16H16N3/c1-13-8-6-7-11-15(13)19-12-17-16(18(19)2)14-9-4-3-5-10-14/h3-12H,1-2H3/q+1. The quantitative estimate of drug-likeness (QED) is 0.641. The van der Waals surface area contributed by atoms with Gasteiger partial charge in [-0.3, -0.25) is 0 Å². The lowest BCUT2D eigenvalue weighted by Gasteiger charge is -2.05. The summed E-state index contributed by atoms with van der Waals surface area (Å²) in [6.45, 7) is 2.11. The highest BCUT2D eigenvalue weighted by Gasteiger charge is 2.18. The summed E-state index contributed by atoms with van der Waals surface area (Å²) in [7, 11) is 2.03. The minimum absolute atomic E-state index is 0.962. The van der Waals surface area contributed by atoms with Crippen molar-refractivity contribution in [1.29, 1.82) is 0 Å². The Morgan fingerprint density at radius 3 is 2.37 bits per heavy atom. The summed E-state index contributed by atoms with van der Waals surface area (Å²) in [6.07, 6.45) is 1.87. The zero-order valence-electron chi connectivity index (χ0n) is 11.1. The predicted octanol–water partition coefficient (Wildman–Crippen LogP) is 2.67. The molecule has 3 rings (SSSR count). The molecule has 0 aliphatic heterocycles. The third-order valence-corrected chi connectivity index (χ3v) is 3.31. The Morgan fingerprint density at radius 2 is 1.63 bits per heavy atom. The molecule has 0 fully saturated rings. The minimum Gasteiger partial charge on any atom is -0.148 e. The molecule has 0 spiro atoms. The molecule has 1 heterocycles. The first-order valence-corrected chi connectivity index (χ1v) is 6.32. The van der Waals surface area contributed by atoms with Crippen molar-refractivity contribution >= 4 is 0 Å². The Kier molecular flexibility index (Phi) is 2.88. The van der Waals surface area contributed by atoms with Gasteiger partial charge in [0.15, 0.2) is 0 Å². The van der Waals surface area contributed by atoms with Crippen LogP contribution in [0.4, 0.5) is 0 Å². The first kappa shape index (κ1) is 11.7. The molecule has 19 heavy (non-hydrogen) atoms. The number of aryl methyl sites for hydroxylation is 1. The van der Waals surface area contributed by atoms with E-state index in [9.17, 15) is 0 Å². The molecule has 1 aromatic heterocycles. The smallest absolute Gasteiger partial charge is 0.148 e. The van der Waals surface area contributed by atoms with Crippen LogP contribution < -0.4 is 4.68 Å². The zero-order valence-corrected chi connectivity index (χ0v) is 11.1. The van der Waals surface area contributed by atoms with Crippen LogP contribution in [-0.2, 0) is 7.05 Å². The van der Waals surface area contributed by atoms with E-state index in [-0.39, 0.29) is 0 Å². The first-order chi connectivity index (χ1) is 9.27. The lowest BCUT2D eigenvalue weighted by atomic mass is 10.2. The van der Waals surface area contributed by atoms with E-state index in [2.05, 4.69) is 45.5 Å². The van der Waals surface area contributed by atoms with Crippen molar-refractivity contribution in [2.45, 2.75) is 6.92 Å². The Labute approximate surface area is 112 Å². The molecule has 0 bridgehead atoms. The monoisotopic (exact) mass is 250 g/mol. The maximum absolute atomic E-state index is 4.53. The molecule has 2 aromatic carbocycles. The fourth-order valence-electron chi connectivity index (χ4n) is 2.27. The number of para-hydroxylation sites is 1. The van der Waals surface area contributed by atoms with E-state index in [0.717, 1.165) is 17.1 Å². The van der Waals surface area contributed by atoms with Crippen LogP contribution in [0.25, 0.3) is 17.1 Å². The molecule has 0 amide bonds. The Bertz CT molecular complexity index is 699. The highest BCUT2D eigenvalue weighted by molar-refractivity contribution is 5.51. The van der Waals surface area contributed by atoms with Crippen LogP contribution in [0.5, 0.6) is 0 Å². The van der Waals surface area contributed by atoms with Gasteiger partial charge in [0.2, 0.25) is 6.33 Å². The normalized spacial score (nSPS) is 10.6. The average Bonchev–Trinajstić information content (AvgIpc) is 2.82. The van der Waals surface area contributed by atoms with Crippen LogP contribution in [0.3, 0.4) is 0 Å². The van der Waals surface area contributed by atoms with Crippen LogP contribution in [0, 0.1) is 6.92 Å². The van der Waals surface area contributed by atoms with Gasteiger partial charge in [-0.25, -0.2) is 0 Å². The zero-order chi connectivity index (χ0) is 13.2.